The summed E-state index contributed by atoms with van der Waals surface area (Å²) < 4.78 is 81.3. The lowest BCUT2D eigenvalue weighted by Crippen LogP contribution is -2.37. The summed E-state index contributed by atoms with van der Waals surface area (Å²) >= 11 is 0. The molecule has 1 aromatic carbocycles. The van der Waals surface area contributed by atoms with Crippen molar-refractivity contribution in [2.45, 2.75) is 30.2 Å². The Morgan fingerprint density at radius 2 is 1.90 bits per heavy atom. The van der Waals surface area contributed by atoms with Gasteiger partial charge in [-0.3, -0.25) is 10.0 Å². The zero-order chi connectivity index (χ0) is 22.1. The van der Waals surface area contributed by atoms with Gasteiger partial charge in [-0.2, -0.15) is 4.31 Å². The van der Waals surface area contributed by atoms with E-state index in [1.807, 2.05) is 0 Å². The molecule has 1 saturated carbocycles. The van der Waals surface area contributed by atoms with Crippen LogP contribution < -0.4 is 5.48 Å². The largest absolute Gasteiger partial charge is 0.288 e. The Bertz CT molecular complexity index is 1050. The molecule has 162 valence electrons. The van der Waals surface area contributed by atoms with E-state index in [0.29, 0.717) is 24.8 Å². The van der Waals surface area contributed by atoms with Crippen LogP contribution in [0.2, 0.25) is 0 Å². The Kier molecular flexibility index (Phi) is 6.44. The Labute approximate surface area is 170 Å². The number of halogens is 4. The highest BCUT2D eigenvalue weighted by atomic mass is 32.2. The lowest BCUT2D eigenvalue weighted by molar-refractivity contribution is -0.124. The number of allylic oxidation sites excluding steroid dienone is 4. The lowest BCUT2D eigenvalue weighted by Gasteiger charge is -2.26. The van der Waals surface area contributed by atoms with E-state index < -0.39 is 50.1 Å². The second-order valence-electron chi connectivity index (χ2n) is 6.97. The van der Waals surface area contributed by atoms with Crippen LogP contribution in [0.25, 0.3) is 0 Å². The third-order valence-corrected chi connectivity index (χ3v) is 6.70. The molecule has 1 amide bonds. The van der Waals surface area contributed by atoms with E-state index in [9.17, 15) is 30.8 Å². The average molecular weight is 446 g/mol. The number of nitrogens with one attached hydrogen (secondary N) is 1. The van der Waals surface area contributed by atoms with Gasteiger partial charge in [-0.05, 0) is 36.8 Å². The first-order valence-electron chi connectivity index (χ1n) is 9.00. The van der Waals surface area contributed by atoms with Crippen LogP contribution in [-0.4, -0.2) is 36.4 Å². The second-order valence-corrected chi connectivity index (χ2v) is 8.83. The highest BCUT2D eigenvalue weighted by Crippen LogP contribution is 2.35. The van der Waals surface area contributed by atoms with Crippen LogP contribution in [0.5, 0.6) is 0 Å². The Balaban J connectivity index is 1.80. The van der Waals surface area contributed by atoms with Gasteiger partial charge in [0.1, 0.15) is 4.90 Å². The molecular formula is C19H18F4N2O4S. The maximum absolute atomic E-state index is 14.1. The minimum Gasteiger partial charge on any atom is -0.288 e. The van der Waals surface area contributed by atoms with Crippen LogP contribution >= 0.6 is 0 Å². The summed E-state index contributed by atoms with van der Waals surface area (Å²) in [5, 5.41) is 8.46. The number of sulfonamides is 1. The van der Waals surface area contributed by atoms with E-state index in [-0.39, 0.29) is 18.5 Å². The number of carbonyl (C=O) groups is 1. The standard InChI is InChI=1S/C19H18F4N2O4S/c20-14-9-15(18(22)19(23)17(14)21)30(28,29)25(13-6-7-13)10-12-3-1-11(2-4-12)5-8-16(26)24-27/h1-3,5,8-9,12-13,27H,4,6-7,10H2,(H,24,26)/b8-5+. The second kappa shape index (κ2) is 8.70. The van der Waals surface area contributed by atoms with E-state index in [1.54, 1.807) is 18.2 Å². The van der Waals surface area contributed by atoms with E-state index in [1.165, 1.54) is 11.6 Å². The van der Waals surface area contributed by atoms with Crippen molar-refractivity contribution in [1.82, 2.24) is 9.79 Å². The molecule has 6 nitrogen and oxygen atoms in total. The topological polar surface area (TPSA) is 86.7 Å². The maximum Gasteiger partial charge on any atom is 0.267 e. The molecule has 2 aliphatic carbocycles. The van der Waals surface area contributed by atoms with Crippen molar-refractivity contribution in [3.05, 3.63) is 65.3 Å². The van der Waals surface area contributed by atoms with Crippen molar-refractivity contribution >= 4 is 15.9 Å². The SMILES string of the molecule is O=C(/C=C/C1=CCC(CN(C2CC2)S(=O)(=O)c2cc(F)c(F)c(F)c2F)C=C1)NO. The summed E-state index contributed by atoms with van der Waals surface area (Å²) in [4.78, 5) is 9.77. The summed E-state index contributed by atoms with van der Waals surface area (Å²) in [5.74, 6) is -8.99. The number of benzene rings is 1. The molecule has 0 heterocycles. The Morgan fingerprint density at radius 1 is 1.20 bits per heavy atom. The molecule has 1 aromatic rings. The Morgan fingerprint density at radius 3 is 2.47 bits per heavy atom. The predicted molar refractivity (Wildman–Crippen MR) is 97.6 cm³/mol. The summed E-state index contributed by atoms with van der Waals surface area (Å²) in [6, 6.07) is -0.276. The summed E-state index contributed by atoms with van der Waals surface area (Å²) in [7, 11) is -4.61. The molecule has 30 heavy (non-hydrogen) atoms. The van der Waals surface area contributed by atoms with Gasteiger partial charge in [0.2, 0.25) is 10.0 Å². The molecular weight excluding hydrogens is 428 g/mol. The zero-order valence-corrected chi connectivity index (χ0v) is 16.3. The molecule has 0 bridgehead atoms. The fourth-order valence-electron chi connectivity index (χ4n) is 3.05. The van der Waals surface area contributed by atoms with Crippen molar-refractivity contribution in [2.75, 3.05) is 6.54 Å². The third-order valence-electron chi connectivity index (χ3n) is 4.78. The van der Waals surface area contributed by atoms with E-state index in [2.05, 4.69) is 0 Å². The number of rotatable bonds is 7. The van der Waals surface area contributed by atoms with Gasteiger partial charge >= 0.3 is 0 Å². The predicted octanol–water partition coefficient (Wildman–Crippen LogP) is 2.96. The van der Waals surface area contributed by atoms with E-state index >= 15 is 0 Å². The fourth-order valence-corrected chi connectivity index (χ4v) is 4.86. The van der Waals surface area contributed by atoms with Crippen LogP contribution in [0.15, 0.2) is 46.9 Å². The maximum atomic E-state index is 14.1. The molecule has 0 aliphatic heterocycles. The van der Waals surface area contributed by atoms with Crippen LogP contribution in [0.1, 0.15) is 19.3 Å². The highest BCUT2D eigenvalue weighted by Gasteiger charge is 2.41. The summed E-state index contributed by atoms with van der Waals surface area (Å²) in [5.41, 5.74) is 2.11. The number of carbonyl (C=O) groups excluding carboxylic acids is 1. The molecule has 1 unspecified atom stereocenters. The van der Waals surface area contributed by atoms with Gasteiger partial charge in [-0.1, -0.05) is 18.2 Å². The van der Waals surface area contributed by atoms with Crippen LogP contribution in [-0.2, 0) is 14.8 Å². The highest BCUT2D eigenvalue weighted by molar-refractivity contribution is 7.89. The molecule has 1 fully saturated rings. The van der Waals surface area contributed by atoms with E-state index in [4.69, 9.17) is 5.21 Å². The van der Waals surface area contributed by atoms with Gasteiger partial charge in [0.05, 0.1) is 0 Å². The first-order chi connectivity index (χ1) is 14.1. The van der Waals surface area contributed by atoms with Gasteiger partial charge in [0.15, 0.2) is 23.3 Å². The number of hydrogen-bond acceptors (Lipinski definition) is 4. The van der Waals surface area contributed by atoms with Crippen molar-refractivity contribution in [2.24, 2.45) is 5.92 Å². The minimum atomic E-state index is -4.61. The fraction of sp³-hybridized carbons (Fsp3) is 0.316. The monoisotopic (exact) mass is 446 g/mol. The lowest BCUT2D eigenvalue weighted by atomic mass is 9.96. The van der Waals surface area contributed by atoms with Crippen molar-refractivity contribution in [3.63, 3.8) is 0 Å². The van der Waals surface area contributed by atoms with Gasteiger partial charge in [-0.15, -0.1) is 0 Å². The third kappa shape index (κ3) is 4.63. The zero-order valence-electron chi connectivity index (χ0n) is 15.5. The minimum absolute atomic E-state index is 0.0613. The van der Waals surface area contributed by atoms with E-state index in [0.717, 1.165) is 10.4 Å². The quantitative estimate of drug-likeness (QED) is 0.168. The van der Waals surface area contributed by atoms with Gasteiger partial charge in [0, 0.05) is 24.7 Å². The Hall–Kier alpha value is -2.50. The molecule has 0 radical (unpaired) electrons. The molecule has 2 N–H and O–H groups in total. The number of nitrogens with zero attached hydrogens (tertiary/aromatic N) is 1. The van der Waals surface area contributed by atoms with Crippen molar-refractivity contribution < 1.29 is 36.0 Å². The van der Waals surface area contributed by atoms with Crippen molar-refractivity contribution in [1.29, 1.82) is 0 Å². The molecule has 0 aromatic heterocycles. The molecule has 2 aliphatic rings. The van der Waals surface area contributed by atoms with Crippen LogP contribution in [0, 0.1) is 29.2 Å². The van der Waals surface area contributed by atoms with Gasteiger partial charge < -0.3 is 0 Å². The first kappa shape index (κ1) is 22.2. The molecule has 11 heteroatoms. The van der Waals surface area contributed by atoms with Crippen LogP contribution in [0.4, 0.5) is 17.6 Å². The molecule has 0 saturated heterocycles. The van der Waals surface area contributed by atoms with Crippen molar-refractivity contribution in [3.8, 4) is 0 Å². The normalized spacial score (nSPS) is 19.4. The molecule has 1 atom stereocenters. The smallest absolute Gasteiger partial charge is 0.267 e. The van der Waals surface area contributed by atoms with Gasteiger partial charge in [0.25, 0.3) is 5.91 Å². The number of hydroxylamine groups is 1. The first-order valence-corrected chi connectivity index (χ1v) is 10.4. The average Bonchev–Trinajstić information content (AvgIpc) is 3.56. The number of amides is 1. The molecule has 3 rings (SSSR count). The van der Waals surface area contributed by atoms with Gasteiger partial charge in [-0.25, -0.2) is 31.5 Å². The number of hydrogen-bond donors (Lipinski definition) is 2. The summed E-state index contributed by atoms with van der Waals surface area (Å²) in [6.07, 6.45) is 9.07. The summed E-state index contributed by atoms with van der Waals surface area (Å²) in [6.45, 7) is -0.0613. The molecule has 0 spiro atoms. The van der Waals surface area contributed by atoms with Crippen LogP contribution in [0.3, 0.4) is 0 Å².